The minimum Gasteiger partial charge on any atom is -0.478 e. The number of nitrogens with zero attached hydrogens (tertiary/aromatic N) is 1. The van der Waals surface area contributed by atoms with Crippen LogP contribution in [0.1, 0.15) is 15.9 Å². The summed E-state index contributed by atoms with van der Waals surface area (Å²) in [6, 6.07) is 3.58. The number of aliphatic imine (C=N–C) groups is 1. The summed E-state index contributed by atoms with van der Waals surface area (Å²) < 4.78 is 12.9. The number of carboxylic acid groups (broad SMARTS) is 1. The van der Waals surface area contributed by atoms with Crippen molar-refractivity contribution in [3.63, 3.8) is 0 Å². The van der Waals surface area contributed by atoms with E-state index in [1.165, 1.54) is 12.1 Å². The van der Waals surface area contributed by atoms with Crippen LogP contribution in [0, 0.1) is 5.82 Å². The van der Waals surface area contributed by atoms with Crippen molar-refractivity contribution in [1.29, 1.82) is 0 Å². The van der Waals surface area contributed by atoms with Crippen molar-refractivity contribution in [1.82, 2.24) is 0 Å². The lowest BCUT2D eigenvalue weighted by atomic mass is 10.1. The Kier molecular flexibility index (Phi) is 2.74. The third-order valence-corrected chi connectivity index (χ3v) is 1.57. The topological polar surface area (TPSA) is 49.7 Å². The molecule has 0 atom stereocenters. The molecule has 1 aromatic rings. The Balaban J connectivity index is 3.10. The summed E-state index contributed by atoms with van der Waals surface area (Å²) in [6.45, 7) is 3.30. The normalized spacial score (nSPS) is 9.62. The number of carboxylic acids is 1. The van der Waals surface area contributed by atoms with E-state index < -0.39 is 11.8 Å². The van der Waals surface area contributed by atoms with E-state index in [1.54, 1.807) is 0 Å². The van der Waals surface area contributed by atoms with E-state index in [0.29, 0.717) is 0 Å². The van der Waals surface area contributed by atoms with E-state index in [-0.39, 0.29) is 17.7 Å². The van der Waals surface area contributed by atoms with Crippen LogP contribution in [-0.2, 0) is 6.54 Å². The molecule has 0 aliphatic carbocycles. The standard InChI is InChI=1S/C9H8FNO2/c1-11-5-7-4-6(9(12)13)2-3-8(7)10/h2-4H,1,5H2,(H,12,13). The van der Waals surface area contributed by atoms with Crippen LogP contribution in [0.4, 0.5) is 4.39 Å². The lowest BCUT2D eigenvalue weighted by Crippen LogP contribution is -1.99. The molecule has 13 heavy (non-hydrogen) atoms. The maximum atomic E-state index is 12.9. The molecular formula is C9H8FNO2. The van der Waals surface area contributed by atoms with Gasteiger partial charge >= 0.3 is 5.97 Å². The van der Waals surface area contributed by atoms with Gasteiger partial charge in [-0.2, -0.15) is 0 Å². The number of carbonyl (C=O) groups is 1. The van der Waals surface area contributed by atoms with E-state index in [2.05, 4.69) is 11.7 Å². The first-order chi connectivity index (χ1) is 6.15. The third kappa shape index (κ3) is 2.11. The smallest absolute Gasteiger partial charge is 0.335 e. The van der Waals surface area contributed by atoms with Gasteiger partial charge < -0.3 is 5.11 Å². The number of hydrogen-bond acceptors (Lipinski definition) is 2. The molecule has 0 spiro atoms. The summed E-state index contributed by atoms with van der Waals surface area (Å²) >= 11 is 0. The Bertz CT molecular complexity index is 349. The second kappa shape index (κ2) is 3.80. The first kappa shape index (κ1) is 9.38. The van der Waals surface area contributed by atoms with Gasteiger partial charge in [0.2, 0.25) is 0 Å². The molecule has 3 nitrogen and oxygen atoms in total. The average Bonchev–Trinajstić information content (AvgIpc) is 2.08. The summed E-state index contributed by atoms with van der Waals surface area (Å²) in [4.78, 5) is 14.0. The summed E-state index contributed by atoms with van der Waals surface area (Å²) in [7, 11) is 0. The van der Waals surface area contributed by atoms with Gasteiger partial charge in [0.05, 0.1) is 12.1 Å². The highest BCUT2D eigenvalue weighted by atomic mass is 19.1. The predicted molar refractivity (Wildman–Crippen MR) is 46.6 cm³/mol. The number of halogens is 1. The Morgan fingerprint density at radius 1 is 1.62 bits per heavy atom. The SMILES string of the molecule is C=NCc1cc(C(=O)O)ccc1F. The Morgan fingerprint density at radius 3 is 2.85 bits per heavy atom. The number of hydrogen-bond donors (Lipinski definition) is 1. The highest BCUT2D eigenvalue weighted by Crippen LogP contribution is 2.11. The fourth-order valence-corrected chi connectivity index (χ4v) is 0.949. The molecule has 0 aromatic heterocycles. The molecule has 0 unspecified atom stereocenters. The van der Waals surface area contributed by atoms with Gasteiger partial charge in [0.15, 0.2) is 0 Å². The number of rotatable bonds is 3. The van der Waals surface area contributed by atoms with Gasteiger partial charge in [-0.05, 0) is 24.9 Å². The minimum atomic E-state index is -1.08. The summed E-state index contributed by atoms with van der Waals surface area (Å²) in [5.41, 5.74) is 0.301. The van der Waals surface area contributed by atoms with Crippen molar-refractivity contribution < 1.29 is 14.3 Å². The third-order valence-electron chi connectivity index (χ3n) is 1.57. The molecule has 4 heteroatoms. The van der Waals surface area contributed by atoms with Crippen molar-refractivity contribution >= 4 is 12.7 Å². The first-order valence-corrected chi connectivity index (χ1v) is 3.59. The highest BCUT2D eigenvalue weighted by molar-refractivity contribution is 5.87. The largest absolute Gasteiger partial charge is 0.478 e. The van der Waals surface area contributed by atoms with E-state index in [1.807, 2.05) is 0 Å². The minimum absolute atomic E-state index is 0.0556. The zero-order valence-corrected chi connectivity index (χ0v) is 6.83. The molecule has 0 fully saturated rings. The summed E-state index contributed by atoms with van der Waals surface area (Å²) in [6.07, 6.45) is 0. The molecule has 0 heterocycles. The van der Waals surface area contributed by atoms with Crippen LogP contribution < -0.4 is 0 Å². The molecule has 0 aliphatic rings. The molecular weight excluding hydrogens is 173 g/mol. The van der Waals surface area contributed by atoms with E-state index in [0.717, 1.165) is 6.07 Å². The van der Waals surface area contributed by atoms with Crippen LogP contribution >= 0.6 is 0 Å². The molecule has 0 amide bonds. The van der Waals surface area contributed by atoms with Gasteiger partial charge in [-0.15, -0.1) is 0 Å². The zero-order chi connectivity index (χ0) is 9.84. The predicted octanol–water partition coefficient (Wildman–Crippen LogP) is 1.72. The Hall–Kier alpha value is -1.71. The Morgan fingerprint density at radius 2 is 2.31 bits per heavy atom. The quantitative estimate of drug-likeness (QED) is 0.722. The molecule has 0 radical (unpaired) electrons. The number of aromatic carboxylic acids is 1. The van der Waals surface area contributed by atoms with Gasteiger partial charge in [-0.3, -0.25) is 4.99 Å². The lowest BCUT2D eigenvalue weighted by molar-refractivity contribution is 0.0696. The van der Waals surface area contributed by atoms with Crippen LogP contribution in [0.15, 0.2) is 23.2 Å². The van der Waals surface area contributed by atoms with Gasteiger partial charge in [0.1, 0.15) is 5.82 Å². The van der Waals surface area contributed by atoms with Gasteiger partial charge in [-0.1, -0.05) is 0 Å². The molecule has 0 saturated carbocycles. The molecule has 68 valence electrons. The van der Waals surface area contributed by atoms with E-state index in [4.69, 9.17) is 5.11 Å². The van der Waals surface area contributed by atoms with Crippen molar-refractivity contribution in [2.45, 2.75) is 6.54 Å². The van der Waals surface area contributed by atoms with Crippen molar-refractivity contribution in [3.8, 4) is 0 Å². The average molecular weight is 181 g/mol. The lowest BCUT2D eigenvalue weighted by Gasteiger charge is -2.00. The molecule has 0 bridgehead atoms. The van der Waals surface area contributed by atoms with Crippen LogP contribution in [0.5, 0.6) is 0 Å². The Labute approximate surface area is 74.5 Å². The van der Waals surface area contributed by atoms with Crippen molar-refractivity contribution in [2.75, 3.05) is 0 Å². The van der Waals surface area contributed by atoms with E-state index >= 15 is 0 Å². The molecule has 0 aliphatic heterocycles. The van der Waals surface area contributed by atoms with Crippen LogP contribution in [0.2, 0.25) is 0 Å². The second-order valence-corrected chi connectivity index (χ2v) is 2.49. The molecule has 1 rings (SSSR count). The summed E-state index contributed by atoms with van der Waals surface area (Å²) in [5.74, 6) is -1.54. The van der Waals surface area contributed by atoms with Gasteiger partial charge in [-0.25, -0.2) is 9.18 Å². The van der Waals surface area contributed by atoms with Gasteiger partial charge in [0, 0.05) is 5.56 Å². The van der Waals surface area contributed by atoms with Crippen LogP contribution in [-0.4, -0.2) is 17.8 Å². The zero-order valence-electron chi connectivity index (χ0n) is 6.83. The maximum absolute atomic E-state index is 12.9. The fourth-order valence-electron chi connectivity index (χ4n) is 0.949. The summed E-state index contributed by atoms with van der Waals surface area (Å²) in [5, 5.41) is 8.60. The van der Waals surface area contributed by atoms with Crippen LogP contribution in [0.25, 0.3) is 0 Å². The highest BCUT2D eigenvalue weighted by Gasteiger charge is 2.06. The van der Waals surface area contributed by atoms with Crippen molar-refractivity contribution in [2.24, 2.45) is 4.99 Å². The molecule has 1 N–H and O–H groups in total. The fraction of sp³-hybridized carbons (Fsp3) is 0.111. The monoisotopic (exact) mass is 181 g/mol. The maximum Gasteiger partial charge on any atom is 0.335 e. The molecule has 0 saturated heterocycles. The van der Waals surface area contributed by atoms with E-state index in [9.17, 15) is 9.18 Å². The second-order valence-electron chi connectivity index (χ2n) is 2.49. The van der Waals surface area contributed by atoms with Crippen LogP contribution in [0.3, 0.4) is 0 Å². The van der Waals surface area contributed by atoms with Gasteiger partial charge in [0.25, 0.3) is 0 Å². The molecule has 1 aromatic carbocycles. The first-order valence-electron chi connectivity index (χ1n) is 3.59. The van der Waals surface area contributed by atoms with Crippen molar-refractivity contribution in [3.05, 3.63) is 35.1 Å². The number of benzene rings is 1.